The second-order valence-electron chi connectivity index (χ2n) is 4.06. The van der Waals surface area contributed by atoms with Gasteiger partial charge in [-0.2, -0.15) is 0 Å². The molecule has 0 saturated heterocycles. The van der Waals surface area contributed by atoms with Crippen molar-refractivity contribution in [1.82, 2.24) is 0 Å². The van der Waals surface area contributed by atoms with Crippen molar-refractivity contribution in [3.05, 3.63) is 23.8 Å². The van der Waals surface area contributed by atoms with Gasteiger partial charge in [-0.25, -0.2) is 9.59 Å². The molecule has 0 saturated carbocycles. The lowest BCUT2D eigenvalue weighted by molar-refractivity contribution is -0.133. The molecule has 17 heavy (non-hydrogen) atoms. The number of hydrogen-bond donors (Lipinski definition) is 4. The maximum Gasteiger partial charge on any atom is 0.331 e. The van der Waals surface area contributed by atoms with Crippen LogP contribution >= 0.6 is 0 Å². The van der Waals surface area contributed by atoms with Crippen LogP contribution in [0.4, 0.5) is 0 Å². The highest BCUT2D eigenvalue weighted by atomic mass is 16.4. The van der Waals surface area contributed by atoms with Crippen LogP contribution in [-0.2, 0) is 9.59 Å². The van der Waals surface area contributed by atoms with Crippen LogP contribution < -0.4 is 0 Å². The molecule has 0 aromatic rings. The SMILES string of the molecule is C=C(C[C@@H]1CC(C(=O)O)=C[C@@H](O)[C@H]1O)C(=O)O. The molecule has 4 N–H and O–H groups in total. The zero-order valence-electron chi connectivity index (χ0n) is 9.04. The zero-order valence-corrected chi connectivity index (χ0v) is 9.04. The molecule has 0 aliphatic heterocycles. The first kappa shape index (κ1) is 13.4. The lowest BCUT2D eigenvalue weighted by Crippen LogP contribution is -2.37. The highest BCUT2D eigenvalue weighted by Gasteiger charge is 2.33. The van der Waals surface area contributed by atoms with E-state index in [0.29, 0.717) is 0 Å². The highest BCUT2D eigenvalue weighted by molar-refractivity contribution is 5.87. The third-order valence-electron chi connectivity index (χ3n) is 2.77. The van der Waals surface area contributed by atoms with Gasteiger partial charge in [-0.3, -0.25) is 0 Å². The lowest BCUT2D eigenvalue weighted by atomic mass is 9.81. The average Bonchev–Trinajstić information content (AvgIpc) is 2.23. The van der Waals surface area contributed by atoms with Gasteiger partial charge in [0.15, 0.2) is 0 Å². The van der Waals surface area contributed by atoms with Crippen molar-refractivity contribution in [3.8, 4) is 0 Å². The van der Waals surface area contributed by atoms with E-state index in [0.717, 1.165) is 6.08 Å². The molecule has 1 aliphatic carbocycles. The molecule has 6 nitrogen and oxygen atoms in total. The monoisotopic (exact) mass is 242 g/mol. The minimum absolute atomic E-state index is 0.0137. The fourth-order valence-electron chi connectivity index (χ4n) is 1.81. The summed E-state index contributed by atoms with van der Waals surface area (Å²) in [5.41, 5.74) is -0.140. The van der Waals surface area contributed by atoms with Gasteiger partial charge in [0.2, 0.25) is 0 Å². The molecule has 0 aromatic carbocycles. The van der Waals surface area contributed by atoms with E-state index >= 15 is 0 Å². The van der Waals surface area contributed by atoms with Gasteiger partial charge >= 0.3 is 11.9 Å². The van der Waals surface area contributed by atoms with Gasteiger partial charge in [-0.05, 0) is 24.8 Å². The average molecular weight is 242 g/mol. The van der Waals surface area contributed by atoms with Crippen LogP contribution in [-0.4, -0.2) is 44.6 Å². The summed E-state index contributed by atoms with van der Waals surface area (Å²) in [6.07, 6.45) is -1.43. The van der Waals surface area contributed by atoms with E-state index in [4.69, 9.17) is 10.2 Å². The molecule has 0 fully saturated rings. The number of hydrogen-bond acceptors (Lipinski definition) is 4. The number of carboxylic acid groups (broad SMARTS) is 2. The van der Waals surface area contributed by atoms with E-state index in [1.165, 1.54) is 0 Å². The van der Waals surface area contributed by atoms with Gasteiger partial charge < -0.3 is 20.4 Å². The molecule has 6 heteroatoms. The summed E-state index contributed by atoms with van der Waals surface area (Å²) in [6, 6.07) is 0. The molecule has 1 aliphatic rings. The van der Waals surface area contributed by atoms with E-state index in [9.17, 15) is 19.8 Å². The topological polar surface area (TPSA) is 115 Å². The van der Waals surface area contributed by atoms with Crippen molar-refractivity contribution in [3.63, 3.8) is 0 Å². The number of aliphatic hydroxyl groups excluding tert-OH is 2. The van der Waals surface area contributed by atoms with E-state index in [1.54, 1.807) is 0 Å². The Labute approximate surface area is 97.5 Å². The van der Waals surface area contributed by atoms with Crippen LogP contribution in [0.25, 0.3) is 0 Å². The quantitative estimate of drug-likeness (QED) is 0.506. The summed E-state index contributed by atoms with van der Waals surface area (Å²) >= 11 is 0. The van der Waals surface area contributed by atoms with Gasteiger partial charge in [-0.15, -0.1) is 0 Å². The second-order valence-corrected chi connectivity index (χ2v) is 4.06. The van der Waals surface area contributed by atoms with Crippen molar-refractivity contribution in [2.24, 2.45) is 5.92 Å². The van der Waals surface area contributed by atoms with Gasteiger partial charge in [0.05, 0.1) is 12.2 Å². The smallest absolute Gasteiger partial charge is 0.331 e. The Kier molecular flexibility index (Phi) is 4.03. The fraction of sp³-hybridized carbons (Fsp3) is 0.455. The number of rotatable bonds is 4. The second kappa shape index (κ2) is 5.11. The Morgan fingerprint density at radius 1 is 1.35 bits per heavy atom. The van der Waals surface area contributed by atoms with E-state index in [2.05, 4.69) is 6.58 Å². The Balaban J connectivity index is 2.81. The van der Waals surface area contributed by atoms with Crippen LogP contribution in [0.1, 0.15) is 12.8 Å². The van der Waals surface area contributed by atoms with Gasteiger partial charge in [0.1, 0.15) is 0 Å². The van der Waals surface area contributed by atoms with Crippen LogP contribution in [0, 0.1) is 5.92 Å². The Morgan fingerprint density at radius 2 is 1.94 bits per heavy atom. The van der Waals surface area contributed by atoms with Gasteiger partial charge in [0, 0.05) is 11.1 Å². The number of carbonyl (C=O) groups is 2. The Bertz CT molecular complexity index is 383. The minimum atomic E-state index is -1.29. The van der Waals surface area contributed by atoms with Gasteiger partial charge in [0.25, 0.3) is 0 Å². The predicted molar refractivity (Wildman–Crippen MR) is 57.2 cm³/mol. The Hall–Kier alpha value is -1.66. The first-order valence-corrected chi connectivity index (χ1v) is 5.04. The molecule has 0 unspecified atom stereocenters. The van der Waals surface area contributed by atoms with Crippen LogP contribution in [0.5, 0.6) is 0 Å². The summed E-state index contributed by atoms with van der Waals surface area (Å²) in [6.45, 7) is 3.32. The molecular weight excluding hydrogens is 228 g/mol. The Morgan fingerprint density at radius 3 is 2.41 bits per heavy atom. The zero-order chi connectivity index (χ0) is 13.2. The maximum atomic E-state index is 10.8. The summed E-state index contributed by atoms with van der Waals surface area (Å²) in [5.74, 6) is -3.02. The molecule has 3 atom stereocenters. The molecule has 0 aromatic heterocycles. The van der Waals surface area contributed by atoms with Crippen molar-refractivity contribution < 1.29 is 30.0 Å². The standard InChI is InChI=1S/C11H14O6/c1-5(10(14)15)2-6-3-7(11(16)17)4-8(12)9(6)13/h4,6,8-9,12-13H,1-3H2,(H,14,15)(H,16,17)/t6-,8-,9+/m1/s1. The third-order valence-corrected chi connectivity index (χ3v) is 2.77. The largest absolute Gasteiger partial charge is 0.478 e. The number of aliphatic hydroxyl groups is 2. The summed E-state index contributed by atoms with van der Waals surface area (Å²) < 4.78 is 0. The van der Waals surface area contributed by atoms with Gasteiger partial charge in [-0.1, -0.05) is 6.58 Å². The summed E-state index contributed by atoms with van der Waals surface area (Å²) in [4.78, 5) is 21.4. The van der Waals surface area contributed by atoms with E-state index in [1.807, 2.05) is 0 Å². The first-order chi connectivity index (χ1) is 7.82. The lowest BCUT2D eigenvalue weighted by Gasteiger charge is -2.30. The first-order valence-electron chi connectivity index (χ1n) is 5.04. The van der Waals surface area contributed by atoms with Crippen LogP contribution in [0.2, 0.25) is 0 Å². The summed E-state index contributed by atoms with van der Waals surface area (Å²) in [5, 5.41) is 36.6. The molecule has 1 rings (SSSR count). The molecule has 0 heterocycles. The molecular formula is C11H14O6. The number of carboxylic acids is 2. The van der Waals surface area contributed by atoms with Crippen molar-refractivity contribution >= 4 is 11.9 Å². The molecule has 94 valence electrons. The number of aliphatic carboxylic acids is 2. The summed E-state index contributed by atoms with van der Waals surface area (Å²) in [7, 11) is 0. The highest BCUT2D eigenvalue weighted by Crippen LogP contribution is 2.29. The van der Waals surface area contributed by atoms with Crippen molar-refractivity contribution in [2.75, 3.05) is 0 Å². The fourth-order valence-corrected chi connectivity index (χ4v) is 1.81. The molecule has 0 spiro atoms. The molecule has 0 amide bonds. The minimum Gasteiger partial charge on any atom is -0.478 e. The maximum absolute atomic E-state index is 10.8. The normalized spacial score (nSPS) is 28.4. The van der Waals surface area contributed by atoms with Crippen LogP contribution in [0.3, 0.4) is 0 Å². The van der Waals surface area contributed by atoms with Crippen LogP contribution in [0.15, 0.2) is 23.8 Å². The van der Waals surface area contributed by atoms with Crippen molar-refractivity contribution in [1.29, 1.82) is 0 Å². The van der Waals surface area contributed by atoms with E-state index < -0.39 is 30.1 Å². The molecule has 0 radical (unpaired) electrons. The van der Waals surface area contributed by atoms with Crippen molar-refractivity contribution in [2.45, 2.75) is 25.0 Å². The molecule has 0 bridgehead atoms. The predicted octanol–water partition coefficient (Wildman–Crippen LogP) is -0.230. The third kappa shape index (κ3) is 3.15. The van der Waals surface area contributed by atoms with E-state index in [-0.39, 0.29) is 24.0 Å².